The van der Waals surface area contributed by atoms with Crippen LogP contribution in [0.4, 0.5) is 5.69 Å². The number of halogens is 2. The minimum atomic E-state index is -0.461. The molecule has 1 N–H and O–H groups in total. The number of carbonyl (C=O) groups excluding carboxylic acids is 2. The number of amides is 1. The molecule has 0 radical (unpaired) electrons. The molecule has 0 spiro atoms. The summed E-state index contributed by atoms with van der Waals surface area (Å²) in [5.74, 6) is -0.742. The Labute approximate surface area is 144 Å². The molecule has 0 aliphatic heterocycles. The van der Waals surface area contributed by atoms with Gasteiger partial charge in [-0.25, -0.2) is 0 Å². The van der Waals surface area contributed by atoms with Crippen LogP contribution in [0.5, 0.6) is 5.75 Å². The van der Waals surface area contributed by atoms with E-state index in [9.17, 15) is 9.59 Å². The highest BCUT2D eigenvalue weighted by atomic mass is 35.5. The standard InChI is InChI=1S/C17H15Cl2NO3/c1-3-16(21)23-15-7-5-11(18)9-12(15)17(22)20-14-6-4-10(2)8-13(14)19/h4-9H,3H2,1-2H3,(H,20,22). The third kappa shape index (κ3) is 4.47. The first-order valence-corrected chi connectivity index (χ1v) is 7.74. The van der Waals surface area contributed by atoms with Gasteiger partial charge < -0.3 is 10.1 Å². The quantitative estimate of drug-likeness (QED) is 0.631. The van der Waals surface area contributed by atoms with Gasteiger partial charge in [-0.1, -0.05) is 36.2 Å². The summed E-state index contributed by atoms with van der Waals surface area (Å²) in [4.78, 5) is 24.0. The van der Waals surface area contributed by atoms with Gasteiger partial charge in [0.2, 0.25) is 0 Å². The number of nitrogens with one attached hydrogen (secondary N) is 1. The fraction of sp³-hybridized carbons (Fsp3) is 0.176. The Balaban J connectivity index is 2.30. The maximum Gasteiger partial charge on any atom is 0.310 e. The fourth-order valence-corrected chi connectivity index (χ4v) is 2.33. The summed E-state index contributed by atoms with van der Waals surface area (Å²) < 4.78 is 5.17. The van der Waals surface area contributed by atoms with Crippen LogP contribution in [0.2, 0.25) is 10.0 Å². The van der Waals surface area contributed by atoms with Gasteiger partial charge in [0.15, 0.2) is 0 Å². The number of hydrogen-bond donors (Lipinski definition) is 1. The highest BCUT2D eigenvalue weighted by Gasteiger charge is 2.17. The van der Waals surface area contributed by atoms with Gasteiger partial charge in [-0.05, 0) is 42.8 Å². The number of ether oxygens (including phenoxy) is 1. The first-order chi connectivity index (χ1) is 10.9. The lowest BCUT2D eigenvalue weighted by molar-refractivity contribution is -0.134. The first-order valence-electron chi connectivity index (χ1n) is 6.98. The summed E-state index contributed by atoms with van der Waals surface area (Å²) in [7, 11) is 0. The van der Waals surface area contributed by atoms with E-state index in [0.29, 0.717) is 15.7 Å². The number of rotatable bonds is 4. The fourth-order valence-electron chi connectivity index (χ4n) is 1.87. The maximum atomic E-state index is 12.5. The first kappa shape index (κ1) is 17.3. The average molecular weight is 352 g/mol. The molecule has 0 aromatic heterocycles. The molecule has 0 aliphatic carbocycles. The van der Waals surface area contributed by atoms with Crippen LogP contribution in [-0.4, -0.2) is 11.9 Å². The van der Waals surface area contributed by atoms with E-state index >= 15 is 0 Å². The molecular formula is C17H15Cl2NO3. The zero-order chi connectivity index (χ0) is 17.0. The molecule has 0 saturated carbocycles. The van der Waals surface area contributed by atoms with Crippen molar-refractivity contribution in [2.45, 2.75) is 20.3 Å². The van der Waals surface area contributed by atoms with Crippen LogP contribution in [0.1, 0.15) is 29.3 Å². The van der Waals surface area contributed by atoms with Crippen molar-refractivity contribution >= 4 is 40.8 Å². The van der Waals surface area contributed by atoms with Crippen LogP contribution < -0.4 is 10.1 Å². The summed E-state index contributed by atoms with van der Waals surface area (Å²) >= 11 is 12.1. The lowest BCUT2D eigenvalue weighted by atomic mass is 10.1. The summed E-state index contributed by atoms with van der Waals surface area (Å²) in [5, 5.41) is 3.48. The molecule has 2 aromatic carbocycles. The second-order valence-electron chi connectivity index (χ2n) is 4.91. The second-order valence-corrected chi connectivity index (χ2v) is 5.75. The third-order valence-electron chi connectivity index (χ3n) is 3.07. The van der Waals surface area contributed by atoms with E-state index in [0.717, 1.165) is 5.56 Å². The normalized spacial score (nSPS) is 10.3. The number of anilines is 1. The van der Waals surface area contributed by atoms with Crippen molar-refractivity contribution in [1.29, 1.82) is 0 Å². The molecule has 23 heavy (non-hydrogen) atoms. The zero-order valence-corrected chi connectivity index (χ0v) is 14.2. The SMILES string of the molecule is CCC(=O)Oc1ccc(Cl)cc1C(=O)Nc1ccc(C)cc1Cl. The van der Waals surface area contributed by atoms with Crippen molar-refractivity contribution in [3.05, 3.63) is 57.6 Å². The molecule has 1 amide bonds. The average Bonchev–Trinajstić information content (AvgIpc) is 2.51. The van der Waals surface area contributed by atoms with Gasteiger partial charge in [0, 0.05) is 11.4 Å². The Morgan fingerprint density at radius 2 is 1.87 bits per heavy atom. The molecule has 2 rings (SSSR count). The Bertz CT molecular complexity index is 759. The maximum absolute atomic E-state index is 12.5. The van der Waals surface area contributed by atoms with Crippen LogP contribution in [0.3, 0.4) is 0 Å². The molecule has 2 aromatic rings. The molecule has 4 nitrogen and oxygen atoms in total. The van der Waals surface area contributed by atoms with Crippen molar-refractivity contribution < 1.29 is 14.3 Å². The van der Waals surface area contributed by atoms with E-state index in [4.69, 9.17) is 27.9 Å². The molecular weight excluding hydrogens is 337 g/mol. The molecule has 0 unspecified atom stereocenters. The highest BCUT2D eigenvalue weighted by molar-refractivity contribution is 6.34. The second kappa shape index (κ2) is 7.49. The van der Waals surface area contributed by atoms with Gasteiger partial charge in [-0.15, -0.1) is 0 Å². The van der Waals surface area contributed by atoms with Crippen LogP contribution in [-0.2, 0) is 4.79 Å². The topological polar surface area (TPSA) is 55.4 Å². The minimum Gasteiger partial charge on any atom is -0.426 e. The van der Waals surface area contributed by atoms with E-state index in [1.165, 1.54) is 12.1 Å². The molecule has 0 heterocycles. The number of carbonyl (C=O) groups is 2. The van der Waals surface area contributed by atoms with E-state index in [2.05, 4.69) is 5.32 Å². The van der Waals surface area contributed by atoms with Crippen molar-refractivity contribution in [1.82, 2.24) is 0 Å². The molecule has 0 bridgehead atoms. The Hall–Kier alpha value is -2.04. The summed E-state index contributed by atoms with van der Waals surface area (Å²) in [5.41, 5.74) is 1.61. The molecule has 0 atom stereocenters. The molecule has 6 heteroatoms. The Kier molecular flexibility index (Phi) is 5.64. The molecule has 0 aliphatic rings. The minimum absolute atomic E-state index is 0.155. The molecule has 0 fully saturated rings. The van der Waals surface area contributed by atoms with Crippen LogP contribution in [0.15, 0.2) is 36.4 Å². The summed E-state index contributed by atoms with van der Waals surface area (Å²) in [6, 6.07) is 9.76. The van der Waals surface area contributed by atoms with Gasteiger partial charge in [0.05, 0.1) is 16.3 Å². The summed E-state index contributed by atoms with van der Waals surface area (Å²) in [6.45, 7) is 3.57. The highest BCUT2D eigenvalue weighted by Crippen LogP contribution is 2.27. The third-order valence-corrected chi connectivity index (χ3v) is 3.62. The number of hydrogen-bond acceptors (Lipinski definition) is 3. The van der Waals surface area contributed by atoms with Crippen molar-refractivity contribution in [3.8, 4) is 5.75 Å². The number of benzene rings is 2. The smallest absolute Gasteiger partial charge is 0.310 e. The van der Waals surface area contributed by atoms with Crippen LogP contribution in [0, 0.1) is 6.92 Å². The lowest BCUT2D eigenvalue weighted by Crippen LogP contribution is -2.16. The zero-order valence-electron chi connectivity index (χ0n) is 12.7. The van der Waals surface area contributed by atoms with E-state index in [1.54, 1.807) is 25.1 Å². The van der Waals surface area contributed by atoms with E-state index in [1.807, 2.05) is 13.0 Å². The number of esters is 1. The van der Waals surface area contributed by atoms with Gasteiger partial charge in [0.25, 0.3) is 5.91 Å². The van der Waals surface area contributed by atoms with Gasteiger partial charge in [-0.3, -0.25) is 9.59 Å². The molecule has 120 valence electrons. The van der Waals surface area contributed by atoms with E-state index < -0.39 is 11.9 Å². The monoisotopic (exact) mass is 351 g/mol. The Morgan fingerprint density at radius 3 is 2.52 bits per heavy atom. The summed E-state index contributed by atoms with van der Waals surface area (Å²) in [6.07, 6.45) is 0.202. The number of aryl methyl sites for hydroxylation is 1. The lowest BCUT2D eigenvalue weighted by Gasteiger charge is -2.12. The largest absolute Gasteiger partial charge is 0.426 e. The van der Waals surface area contributed by atoms with Crippen LogP contribution in [0.25, 0.3) is 0 Å². The van der Waals surface area contributed by atoms with Gasteiger partial charge >= 0.3 is 5.97 Å². The van der Waals surface area contributed by atoms with E-state index in [-0.39, 0.29) is 17.7 Å². The van der Waals surface area contributed by atoms with Gasteiger partial charge in [0.1, 0.15) is 5.75 Å². The van der Waals surface area contributed by atoms with Crippen LogP contribution >= 0.6 is 23.2 Å². The van der Waals surface area contributed by atoms with Gasteiger partial charge in [-0.2, -0.15) is 0 Å². The Morgan fingerprint density at radius 1 is 1.13 bits per heavy atom. The van der Waals surface area contributed by atoms with Crippen molar-refractivity contribution in [3.63, 3.8) is 0 Å². The molecule has 0 saturated heterocycles. The predicted molar refractivity (Wildman–Crippen MR) is 91.5 cm³/mol. The van der Waals surface area contributed by atoms with Crippen molar-refractivity contribution in [2.24, 2.45) is 0 Å². The van der Waals surface area contributed by atoms with Crippen molar-refractivity contribution in [2.75, 3.05) is 5.32 Å². The predicted octanol–water partition coefficient (Wildman–Crippen LogP) is 4.87.